The van der Waals surface area contributed by atoms with Crippen LogP contribution in [-0.2, 0) is 10.0 Å². The molecule has 2 rings (SSSR count). The summed E-state index contributed by atoms with van der Waals surface area (Å²) in [5, 5.41) is 0. The van der Waals surface area contributed by atoms with Gasteiger partial charge in [0, 0.05) is 5.69 Å². The number of nitrogens with two attached hydrogens (primary N) is 1. The molecule has 112 valence electrons. The molecule has 0 unspecified atom stereocenters. The van der Waals surface area contributed by atoms with Crippen LogP contribution in [0.3, 0.4) is 0 Å². The molecule has 0 heterocycles. The highest BCUT2D eigenvalue weighted by atomic mass is 32.2. The first-order valence-electron chi connectivity index (χ1n) is 6.67. The molecule has 5 heteroatoms. The smallest absolute Gasteiger partial charge is 0.261 e. The number of hydrogen-bond donors (Lipinski definition) is 2. The summed E-state index contributed by atoms with van der Waals surface area (Å²) in [6.45, 7) is 7.56. The SMILES string of the molecule is Cc1ccc(NS(=O)(=O)c2cc(C)c(C)c(N)c2)c(C)c1. The Labute approximate surface area is 126 Å². The van der Waals surface area contributed by atoms with Gasteiger partial charge in [-0.2, -0.15) is 0 Å². The van der Waals surface area contributed by atoms with Crippen LogP contribution in [0.15, 0.2) is 35.2 Å². The van der Waals surface area contributed by atoms with Gasteiger partial charge in [-0.25, -0.2) is 8.42 Å². The van der Waals surface area contributed by atoms with Crippen LogP contribution in [0.2, 0.25) is 0 Å². The fraction of sp³-hybridized carbons (Fsp3) is 0.250. The number of benzene rings is 2. The number of hydrogen-bond acceptors (Lipinski definition) is 3. The predicted molar refractivity (Wildman–Crippen MR) is 87.1 cm³/mol. The van der Waals surface area contributed by atoms with Gasteiger partial charge in [-0.15, -0.1) is 0 Å². The first-order valence-corrected chi connectivity index (χ1v) is 8.16. The van der Waals surface area contributed by atoms with Crippen LogP contribution in [0, 0.1) is 27.7 Å². The van der Waals surface area contributed by atoms with E-state index in [2.05, 4.69) is 4.72 Å². The van der Waals surface area contributed by atoms with Crippen molar-refractivity contribution in [2.75, 3.05) is 10.5 Å². The summed E-state index contributed by atoms with van der Waals surface area (Å²) in [6.07, 6.45) is 0. The van der Waals surface area contributed by atoms with Crippen LogP contribution in [0.5, 0.6) is 0 Å². The van der Waals surface area contributed by atoms with Gasteiger partial charge in [0.25, 0.3) is 10.0 Å². The molecule has 2 aromatic rings. The molecule has 0 radical (unpaired) electrons. The van der Waals surface area contributed by atoms with Crippen molar-refractivity contribution in [3.05, 3.63) is 52.6 Å². The molecule has 21 heavy (non-hydrogen) atoms. The molecule has 0 spiro atoms. The summed E-state index contributed by atoms with van der Waals surface area (Å²) in [5.41, 5.74) is 10.7. The lowest BCUT2D eigenvalue weighted by Crippen LogP contribution is -2.14. The van der Waals surface area contributed by atoms with E-state index in [0.717, 1.165) is 22.3 Å². The summed E-state index contributed by atoms with van der Waals surface area (Å²) in [4.78, 5) is 0.183. The summed E-state index contributed by atoms with van der Waals surface area (Å²) in [6, 6.07) is 8.71. The highest BCUT2D eigenvalue weighted by Crippen LogP contribution is 2.25. The maximum absolute atomic E-state index is 12.5. The van der Waals surface area contributed by atoms with E-state index >= 15 is 0 Å². The highest BCUT2D eigenvalue weighted by Gasteiger charge is 2.17. The number of nitrogen functional groups attached to an aromatic ring is 1. The van der Waals surface area contributed by atoms with Crippen molar-refractivity contribution in [3.8, 4) is 0 Å². The van der Waals surface area contributed by atoms with Crippen molar-refractivity contribution in [1.29, 1.82) is 0 Å². The van der Waals surface area contributed by atoms with E-state index in [1.165, 1.54) is 6.07 Å². The Kier molecular flexibility index (Phi) is 3.96. The van der Waals surface area contributed by atoms with Crippen LogP contribution in [0.25, 0.3) is 0 Å². The molecule has 0 fully saturated rings. The first kappa shape index (κ1) is 15.4. The van der Waals surface area contributed by atoms with E-state index < -0.39 is 10.0 Å². The lowest BCUT2D eigenvalue weighted by molar-refractivity contribution is 0.601. The van der Waals surface area contributed by atoms with Gasteiger partial charge < -0.3 is 5.73 Å². The van der Waals surface area contributed by atoms with Crippen molar-refractivity contribution in [2.24, 2.45) is 0 Å². The molecular formula is C16H20N2O2S. The molecule has 0 bridgehead atoms. The third-order valence-corrected chi connectivity index (χ3v) is 4.96. The third kappa shape index (κ3) is 3.19. The second-order valence-corrected chi connectivity index (χ2v) is 7.06. The minimum atomic E-state index is -3.64. The van der Waals surface area contributed by atoms with Crippen LogP contribution in [0.1, 0.15) is 22.3 Å². The zero-order valence-corrected chi connectivity index (χ0v) is 13.5. The molecule has 0 aliphatic carbocycles. The normalized spacial score (nSPS) is 11.4. The minimum Gasteiger partial charge on any atom is -0.398 e. The Hall–Kier alpha value is -2.01. The average molecular weight is 304 g/mol. The van der Waals surface area contributed by atoms with E-state index in [1.54, 1.807) is 12.1 Å². The van der Waals surface area contributed by atoms with Crippen LogP contribution in [-0.4, -0.2) is 8.42 Å². The molecule has 0 aliphatic rings. The quantitative estimate of drug-likeness (QED) is 0.855. The highest BCUT2D eigenvalue weighted by molar-refractivity contribution is 7.92. The van der Waals surface area contributed by atoms with Gasteiger partial charge in [0.2, 0.25) is 0 Å². The molecule has 0 aromatic heterocycles. The summed E-state index contributed by atoms with van der Waals surface area (Å²) in [5.74, 6) is 0. The molecular weight excluding hydrogens is 284 g/mol. The Bertz CT molecular complexity index is 773. The second-order valence-electron chi connectivity index (χ2n) is 5.38. The predicted octanol–water partition coefficient (Wildman–Crippen LogP) is 3.30. The van der Waals surface area contributed by atoms with E-state index in [4.69, 9.17) is 5.73 Å². The molecule has 3 N–H and O–H groups in total. The summed E-state index contributed by atoms with van der Waals surface area (Å²) >= 11 is 0. The Morgan fingerprint density at radius 3 is 2.19 bits per heavy atom. The molecule has 0 aliphatic heterocycles. The van der Waals surface area contributed by atoms with Crippen LogP contribution < -0.4 is 10.5 Å². The van der Waals surface area contributed by atoms with Crippen molar-refractivity contribution in [1.82, 2.24) is 0 Å². The van der Waals surface area contributed by atoms with Crippen molar-refractivity contribution >= 4 is 21.4 Å². The maximum atomic E-state index is 12.5. The van der Waals surface area contributed by atoms with Gasteiger partial charge >= 0.3 is 0 Å². The van der Waals surface area contributed by atoms with Crippen molar-refractivity contribution in [2.45, 2.75) is 32.6 Å². The van der Waals surface area contributed by atoms with E-state index in [1.807, 2.05) is 39.8 Å². The number of aryl methyl sites for hydroxylation is 3. The van der Waals surface area contributed by atoms with Crippen molar-refractivity contribution < 1.29 is 8.42 Å². The van der Waals surface area contributed by atoms with Crippen LogP contribution in [0.4, 0.5) is 11.4 Å². The maximum Gasteiger partial charge on any atom is 0.261 e. The fourth-order valence-electron chi connectivity index (χ4n) is 2.14. The van der Waals surface area contributed by atoms with Gasteiger partial charge in [0.1, 0.15) is 0 Å². The largest absolute Gasteiger partial charge is 0.398 e. The molecule has 0 amide bonds. The van der Waals surface area contributed by atoms with Crippen LogP contribution >= 0.6 is 0 Å². The Morgan fingerprint density at radius 2 is 1.62 bits per heavy atom. The lowest BCUT2D eigenvalue weighted by Gasteiger charge is -2.13. The zero-order valence-electron chi connectivity index (χ0n) is 12.7. The standard InChI is InChI=1S/C16H20N2O2S/c1-10-5-6-16(12(3)7-10)18-21(19,20)14-8-11(2)13(4)15(17)9-14/h5-9,18H,17H2,1-4H3. The van der Waals surface area contributed by atoms with Crippen molar-refractivity contribution in [3.63, 3.8) is 0 Å². The van der Waals surface area contributed by atoms with E-state index in [0.29, 0.717) is 11.4 Å². The molecule has 0 saturated carbocycles. The molecule has 0 saturated heterocycles. The van der Waals surface area contributed by atoms with Gasteiger partial charge in [0.15, 0.2) is 0 Å². The number of rotatable bonds is 3. The monoisotopic (exact) mass is 304 g/mol. The number of nitrogens with one attached hydrogen (secondary N) is 1. The van der Waals surface area contributed by atoms with Gasteiger partial charge in [-0.1, -0.05) is 17.7 Å². The number of sulfonamides is 1. The lowest BCUT2D eigenvalue weighted by atomic mass is 10.1. The average Bonchev–Trinajstić information content (AvgIpc) is 2.38. The third-order valence-electron chi connectivity index (χ3n) is 3.62. The second kappa shape index (κ2) is 5.41. The zero-order chi connectivity index (χ0) is 15.8. The summed E-state index contributed by atoms with van der Waals surface area (Å²) in [7, 11) is -3.64. The minimum absolute atomic E-state index is 0.183. The first-order chi connectivity index (χ1) is 9.70. The van der Waals surface area contributed by atoms with Gasteiger partial charge in [-0.3, -0.25) is 4.72 Å². The Balaban J connectivity index is 2.43. The Morgan fingerprint density at radius 1 is 0.952 bits per heavy atom. The molecule has 0 atom stereocenters. The summed E-state index contributed by atoms with van der Waals surface area (Å²) < 4.78 is 27.6. The van der Waals surface area contributed by atoms with E-state index in [-0.39, 0.29) is 4.90 Å². The fourth-order valence-corrected chi connectivity index (χ4v) is 3.39. The van der Waals surface area contributed by atoms with Gasteiger partial charge in [-0.05, 0) is 62.6 Å². The number of anilines is 2. The topological polar surface area (TPSA) is 72.2 Å². The van der Waals surface area contributed by atoms with Gasteiger partial charge in [0.05, 0.1) is 10.6 Å². The molecule has 4 nitrogen and oxygen atoms in total. The van der Waals surface area contributed by atoms with E-state index in [9.17, 15) is 8.42 Å². The molecule has 2 aromatic carbocycles.